The molecule has 1 amide bonds. The van der Waals surface area contributed by atoms with Gasteiger partial charge in [0.25, 0.3) is 5.91 Å². The Morgan fingerprint density at radius 1 is 0.960 bits per heavy atom. The number of aromatic nitrogens is 1. The number of fused-ring (bicyclic) bond motifs is 1. The Hall–Kier alpha value is -2.20. The second-order valence-corrected chi connectivity index (χ2v) is 7.08. The molecule has 1 aromatic carbocycles. The fourth-order valence-electron chi connectivity index (χ4n) is 3.88. The zero-order valence-corrected chi connectivity index (χ0v) is 14.7. The van der Waals surface area contributed by atoms with E-state index >= 15 is 0 Å². The van der Waals surface area contributed by atoms with Gasteiger partial charge in [0, 0.05) is 44.5 Å². The fraction of sp³-hybridized carbons (Fsp3) is 0.429. The highest BCUT2D eigenvalue weighted by molar-refractivity contribution is 5.94. The maximum atomic E-state index is 12.8. The third-order valence-corrected chi connectivity index (χ3v) is 5.37. The predicted molar refractivity (Wildman–Crippen MR) is 98.5 cm³/mol. The molecular formula is C21H25N3O. The van der Waals surface area contributed by atoms with Gasteiger partial charge in [-0.15, -0.1) is 0 Å². The SMILES string of the molecule is O=C(c1ccc2c(c1)CCCC2)N1CCN(Cc2ccccn2)CC1. The van der Waals surface area contributed by atoms with Gasteiger partial charge in [0.1, 0.15) is 0 Å². The summed E-state index contributed by atoms with van der Waals surface area (Å²) in [5.74, 6) is 0.186. The van der Waals surface area contributed by atoms with E-state index in [-0.39, 0.29) is 5.91 Å². The molecule has 130 valence electrons. The van der Waals surface area contributed by atoms with Crippen LogP contribution in [-0.2, 0) is 19.4 Å². The van der Waals surface area contributed by atoms with Crippen molar-refractivity contribution in [3.05, 3.63) is 65.0 Å². The number of hydrogen-bond donors (Lipinski definition) is 0. The molecule has 25 heavy (non-hydrogen) atoms. The van der Waals surface area contributed by atoms with E-state index in [9.17, 15) is 4.79 Å². The molecule has 2 heterocycles. The van der Waals surface area contributed by atoms with E-state index in [0.29, 0.717) is 0 Å². The van der Waals surface area contributed by atoms with Gasteiger partial charge >= 0.3 is 0 Å². The summed E-state index contributed by atoms with van der Waals surface area (Å²) in [6, 6.07) is 12.4. The van der Waals surface area contributed by atoms with Gasteiger partial charge in [-0.2, -0.15) is 0 Å². The summed E-state index contributed by atoms with van der Waals surface area (Å²) in [6.07, 6.45) is 6.64. The van der Waals surface area contributed by atoms with Crippen molar-refractivity contribution in [2.75, 3.05) is 26.2 Å². The minimum absolute atomic E-state index is 0.186. The lowest BCUT2D eigenvalue weighted by Gasteiger charge is -2.34. The summed E-state index contributed by atoms with van der Waals surface area (Å²) in [4.78, 5) is 21.6. The number of carbonyl (C=O) groups excluding carboxylic acids is 1. The van der Waals surface area contributed by atoms with Crippen molar-refractivity contribution in [2.45, 2.75) is 32.2 Å². The number of pyridine rings is 1. The molecule has 0 spiro atoms. The van der Waals surface area contributed by atoms with Crippen molar-refractivity contribution >= 4 is 5.91 Å². The number of rotatable bonds is 3. The Kier molecular flexibility index (Phi) is 4.79. The monoisotopic (exact) mass is 335 g/mol. The van der Waals surface area contributed by atoms with Gasteiger partial charge in [-0.1, -0.05) is 12.1 Å². The molecule has 2 aromatic rings. The second-order valence-electron chi connectivity index (χ2n) is 7.08. The lowest BCUT2D eigenvalue weighted by molar-refractivity contribution is 0.0627. The lowest BCUT2D eigenvalue weighted by Crippen LogP contribution is -2.48. The van der Waals surface area contributed by atoms with Crippen LogP contribution in [0, 0.1) is 0 Å². The summed E-state index contributed by atoms with van der Waals surface area (Å²) < 4.78 is 0. The predicted octanol–water partition coefficient (Wildman–Crippen LogP) is 2.92. The van der Waals surface area contributed by atoms with E-state index in [0.717, 1.165) is 56.8 Å². The molecule has 0 saturated carbocycles. The third kappa shape index (κ3) is 3.74. The highest BCUT2D eigenvalue weighted by Gasteiger charge is 2.23. The molecule has 4 rings (SSSR count). The Labute approximate surface area is 149 Å². The van der Waals surface area contributed by atoms with Crippen molar-refractivity contribution < 1.29 is 4.79 Å². The fourth-order valence-corrected chi connectivity index (χ4v) is 3.88. The molecule has 1 fully saturated rings. The molecule has 4 nitrogen and oxygen atoms in total. The van der Waals surface area contributed by atoms with Crippen molar-refractivity contribution in [3.63, 3.8) is 0 Å². The van der Waals surface area contributed by atoms with Crippen molar-refractivity contribution in [1.82, 2.24) is 14.8 Å². The van der Waals surface area contributed by atoms with Gasteiger partial charge in [0.15, 0.2) is 0 Å². The topological polar surface area (TPSA) is 36.4 Å². The summed E-state index contributed by atoms with van der Waals surface area (Å²) in [5.41, 5.74) is 4.77. The van der Waals surface area contributed by atoms with Crippen molar-refractivity contribution in [2.24, 2.45) is 0 Å². The van der Waals surface area contributed by atoms with E-state index in [1.165, 1.54) is 24.0 Å². The summed E-state index contributed by atoms with van der Waals surface area (Å²) >= 11 is 0. The molecule has 0 atom stereocenters. The van der Waals surface area contributed by atoms with E-state index < -0.39 is 0 Å². The first-order valence-electron chi connectivity index (χ1n) is 9.33. The molecule has 0 radical (unpaired) electrons. The molecule has 2 aliphatic rings. The van der Waals surface area contributed by atoms with Crippen LogP contribution in [0.2, 0.25) is 0 Å². The van der Waals surface area contributed by atoms with Gasteiger partial charge in [0.2, 0.25) is 0 Å². The van der Waals surface area contributed by atoms with Crippen LogP contribution in [0.4, 0.5) is 0 Å². The van der Waals surface area contributed by atoms with Crippen molar-refractivity contribution in [1.29, 1.82) is 0 Å². The van der Waals surface area contributed by atoms with Crippen LogP contribution in [-0.4, -0.2) is 46.9 Å². The van der Waals surface area contributed by atoms with Crippen LogP contribution in [0.15, 0.2) is 42.6 Å². The van der Waals surface area contributed by atoms with E-state index in [4.69, 9.17) is 0 Å². The van der Waals surface area contributed by atoms with Crippen LogP contribution in [0.25, 0.3) is 0 Å². The van der Waals surface area contributed by atoms with Crippen LogP contribution in [0.1, 0.15) is 40.0 Å². The lowest BCUT2D eigenvalue weighted by atomic mass is 9.90. The molecular weight excluding hydrogens is 310 g/mol. The zero-order valence-electron chi connectivity index (χ0n) is 14.7. The number of nitrogens with zero attached hydrogens (tertiary/aromatic N) is 3. The minimum Gasteiger partial charge on any atom is -0.336 e. The van der Waals surface area contributed by atoms with Gasteiger partial charge < -0.3 is 4.90 Å². The van der Waals surface area contributed by atoms with E-state index in [1.807, 2.05) is 29.3 Å². The van der Waals surface area contributed by atoms with Gasteiger partial charge in [-0.25, -0.2) is 0 Å². The average molecular weight is 335 g/mol. The molecule has 4 heteroatoms. The first kappa shape index (κ1) is 16.3. The molecule has 1 aliphatic carbocycles. The largest absolute Gasteiger partial charge is 0.336 e. The zero-order chi connectivity index (χ0) is 17.1. The Morgan fingerprint density at radius 3 is 2.52 bits per heavy atom. The Balaban J connectivity index is 1.36. The molecule has 1 aromatic heterocycles. The van der Waals surface area contributed by atoms with E-state index in [1.54, 1.807) is 0 Å². The quantitative estimate of drug-likeness (QED) is 0.865. The number of aryl methyl sites for hydroxylation is 2. The van der Waals surface area contributed by atoms with Crippen LogP contribution >= 0.6 is 0 Å². The number of piperazine rings is 1. The Morgan fingerprint density at radius 2 is 1.76 bits per heavy atom. The number of benzene rings is 1. The third-order valence-electron chi connectivity index (χ3n) is 5.37. The highest BCUT2D eigenvalue weighted by atomic mass is 16.2. The molecule has 1 aliphatic heterocycles. The first-order chi connectivity index (χ1) is 12.3. The first-order valence-corrected chi connectivity index (χ1v) is 9.33. The van der Waals surface area contributed by atoms with Crippen LogP contribution < -0.4 is 0 Å². The number of carbonyl (C=O) groups is 1. The number of hydrogen-bond acceptors (Lipinski definition) is 3. The molecule has 0 N–H and O–H groups in total. The normalized spacial score (nSPS) is 18.0. The molecule has 0 unspecified atom stereocenters. The summed E-state index contributed by atoms with van der Waals surface area (Å²) in [5, 5.41) is 0. The smallest absolute Gasteiger partial charge is 0.253 e. The van der Waals surface area contributed by atoms with Crippen LogP contribution in [0.3, 0.4) is 0 Å². The van der Waals surface area contributed by atoms with E-state index in [2.05, 4.69) is 28.1 Å². The van der Waals surface area contributed by atoms with Gasteiger partial charge in [-0.05, 0) is 61.1 Å². The average Bonchev–Trinajstić information content (AvgIpc) is 2.68. The van der Waals surface area contributed by atoms with Gasteiger partial charge in [-0.3, -0.25) is 14.7 Å². The molecule has 1 saturated heterocycles. The second kappa shape index (κ2) is 7.36. The standard InChI is InChI=1S/C21H25N3O/c25-21(19-9-8-17-5-1-2-6-18(17)15-19)24-13-11-23(12-14-24)16-20-7-3-4-10-22-20/h3-4,7-10,15H,1-2,5-6,11-14,16H2. The maximum absolute atomic E-state index is 12.8. The highest BCUT2D eigenvalue weighted by Crippen LogP contribution is 2.23. The Bertz CT molecular complexity index is 736. The minimum atomic E-state index is 0.186. The molecule has 0 bridgehead atoms. The maximum Gasteiger partial charge on any atom is 0.253 e. The van der Waals surface area contributed by atoms with Gasteiger partial charge in [0.05, 0.1) is 5.69 Å². The van der Waals surface area contributed by atoms with Crippen LogP contribution in [0.5, 0.6) is 0 Å². The summed E-state index contributed by atoms with van der Waals surface area (Å²) in [6.45, 7) is 4.27. The summed E-state index contributed by atoms with van der Waals surface area (Å²) in [7, 11) is 0. The van der Waals surface area contributed by atoms with Crippen molar-refractivity contribution in [3.8, 4) is 0 Å². The number of amides is 1.